The number of benzene rings is 2. The summed E-state index contributed by atoms with van der Waals surface area (Å²) in [4.78, 5) is 12.2. The molecule has 0 spiro atoms. The molecule has 0 aliphatic heterocycles. The second-order valence-corrected chi connectivity index (χ2v) is 4.85. The molecular formula is C15H13FN2O2S. The second-order valence-electron chi connectivity index (χ2n) is 4.41. The number of carbonyl (C=O) groups is 1. The van der Waals surface area contributed by atoms with Crippen molar-refractivity contribution in [3.8, 4) is 5.75 Å². The van der Waals surface area contributed by atoms with Crippen molar-refractivity contribution in [1.82, 2.24) is 5.32 Å². The van der Waals surface area contributed by atoms with Gasteiger partial charge < -0.3 is 16.2 Å². The molecule has 1 amide bonds. The summed E-state index contributed by atoms with van der Waals surface area (Å²) >= 11 is 4.85. The standard InChI is InChI=1S/C15H13FN2O2S/c16-11-5-6-13(19)12(7-11)15(20)18-8-9-1-3-10(4-2-9)14(17)21/h1-7,19H,8H2,(H2,17,21)(H,18,20). The van der Waals surface area contributed by atoms with Crippen molar-refractivity contribution in [2.24, 2.45) is 5.73 Å². The number of nitrogens with one attached hydrogen (secondary N) is 1. The zero-order valence-corrected chi connectivity index (χ0v) is 11.8. The van der Waals surface area contributed by atoms with Crippen LogP contribution in [-0.4, -0.2) is 16.0 Å². The Balaban J connectivity index is 2.04. The fraction of sp³-hybridized carbons (Fsp3) is 0.0667. The van der Waals surface area contributed by atoms with Crippen LogP contribution in [0.5, 0.6) is 5.75 Å². The molecule has 0 aliphatic rings. The highest BCUT2D eigenvalue weighted by Crippen LogP contribution is 2.17. The summed E-state index contributed by atoms with van der Waals surface area (Å²) in [7, 11) is 0. The number of nitrogens with two attached hydrogens (primary N) is 1. The Morgan fingerprint density at radius 3 is 2.52 bits per heavy atom. The number of hydrogen-bond acceptors (Lipinski definition) is 3. The van der Waals surface area contributed by atoms with Crippen LogP contribution < -0.4 is 11.1 Å². The third kappa shape index (κ3) is 3.76. The number of carbonyl (C=O) groups excluding carboxylic acids is 1. The molecule has 2 aromatic carbocycles. The van der Waals surface area contributed by atoms with Crippen LogP contribution in [0.15, 0.2) is 42.5 Å². The Morgan fingerprint density at radius 2 is 1.90 bits per heavy atom. The maximum Gasteiger partial charge on any atom is 0.255 e. The number of thiocarbonyl (C=S) groups is 1. The van der Waals surface area contributed by atoms with Gasteiger partial charge in [0.1, 0.15) is 16.6 Å². The number of phenols is 1. The van der Waals surface area contributed by atoms with E-state index >= 15 is 0 Å². The Labute approximate surface area is 126 Å². The lowest BCUT2D eigenvalue weighted by Crippen LogP contribution is -2.23. The van der Waals surface area contributed by atoms with E-state index in [1.807, 2.05) is 0 Å². The monoisotopic (exact) mass is 304 g/mol. The van der Waals surface area contributed by atoms with Crippen molar-refractivity contribution in [3.05, 3.63) is 65.0 Å². The molecule has 4 N–H and O–H groups in total. The fourth-order valence-corrected chi connectivity index (χ4v) is 1.89. The van der Waals surface area contributed by atoms with Gasteiger partial charge in [-0.15, -0.1) is 0 Å². The van der Waals surface area contributed by atoms with Gasteiger partial charge in [-0.3, -0.25) is 4.79 Å². The highest BCUT2D eigenvalue weighted by Gasteiger charge is 2.11. The van der Waals surface area contributed by atoms with Crippen LogP contribution in [0.25, 0.3) is 0 Å². The third-order valence-electron chi connectivity index (χ3n) is 2.89. The van der Waals surface area contributed by atoms with Gasteiger partial charge in [-0.1, -0.05) is 36.5 Å². The van der Waals surface area contributed by atoms with Crippen molar-refractivity contribution >= 4 is 23.1 Å². The van der Waals surface area contributed by atoms with Gasteiger partial charge in [-0.25, -0.2) is 4.39 Å². The van der Waals surface area contributed by atoms with Crippen LogP contribution in [0.3, 0.4) is 0 Å². The summed E-state index contributed by atoms with van der Waals surface area (Å²) in [5, 5.41) is 12.1. The average molecular weight is 304 g/mol. The number of phenolic OH excluding ortho intramolecular Hbond substituents is 1. The number of hydrogen-bond donors (Lipinski definition) is 3. The van der Waals surface area contributed by atoms with Gasteiger partial charge in [0.15, 0.2) is 0 Å². The molecule has 0 fully saturated rings. The summed E-state index contributed by atoms with van der Waals surface area (Å²) in [6, 6.07) is 10.3. The van der Waals surface area contributed by atoms with Crippen molar-refractivity contribution in [3.63, 3.8) is 0 Å². The lowest BCUT2D eigenvalue weighted by Gasteiger charge is -2.07. The molecule has 2 rings (SSSR count). The first kappa shape index (κ1) is 14.9. The average Bonchev–Trinajstić information content (AvgIpc) is 2.47. The van der Waals surface area contributed by atoms with Gasteiger partial charge in [0, 0.05) is 12.1 Å². The van der Waals surface area contributed by atoms with Gasteiger partial charge >= 0.3 is 0 Å². The molecular weight excluding hydrogens is 291 g/mol. The van der Waals surface area contributed by atoms with Gasteiger partial charge in [-0.2, -0.15) is 0 Å². The summed E-state index contributed by atoms with van der Waals surface area (Å²) in [5.74, 6) is -1.40. The first-order chi connectivity index (χ1) is 9.97. The first-order valence-corrected chi connectivity index (χ1v) is 6.53. The molecule has 0 radical (unpaired) electrons. The molecule has 0 aliphatic carbocycles. The zero-order chi connectivity index (χ0) is 15.4. The number of aromatic hydroxyl groups is 1. The summed E-state index contributed by atoms with van der Waals surface area (Å²) in [5.41, 5.74) is 6.96. The molecule has 0 heterocycles. The predicted octanol–water partition coefficient (Wildman–Crippen LogP) is 2.10. The van der Waals surface area contributed by atoms with E-state index in [9.17, 15) is 14.3 Å². The van der Waals surface area contributed by atoms with Crippen molar-refractivity contribution < 1.29 is 14.3 Å². The van der Waals surface area contributed by atoms with Gasteiger partial charge in [-0.05, 0) is 23.8 Å². The zero-order valence-electron chi connectivity index (χ0n) is 11.0. The number of rotatable bonds is 4. The maximum atomic E-state index is 13.1. The van der Waals surface area contributed by atoms with E-state index in [4.69, 9.17) is 18.0 Å². The van der Waals surface area contributed by atoms with E-state index in [-0.39, 0.29) is 17.9 Å². The Hall–Kier alpha value is -2.47. The van der Waals surface area contributed by atoms with E-state index in [1.54, 1.807) is 24.3 Å². The molecule has 6 heteroatoms. The van der Waals surface area contributed by atoms with E-state index in [2.05, 4.69) is 5.32 Å². The van der Waals surface area contributed by atoms with Crippen LogP contribution in [0, 0.1) is 5.82 Å². The smallest absolute Gasteiger partial charge is 0.255 e. The molecule has 4 nitrogen and oxygen atoms in total. The van der Waals surface area contributed by atoms with E-state index in [0.29, 0.717) is 4.99 Å². The number of amides is 1. The molecule has 0 saturated carbocycles. The molecule has 21 heavy (non-hydrogen) atoms. The van der Waals surface area contributed by atoms with E-state index in [0.717, 1.165) is 29.3 Å². The molecule has 2 aromatic rings. The predicted molar refractivity (Wildman–Crippen MR) is 81.6 cm³/mol. The highest BCUT2D eigenvalue weighted by molar-refractivity contribution is 7.80. The quantitative estimate of drug-likeness (QED) is 0.756. The van der Waals surface area contributed by atoms with Crippen molar-refractivity contribution in [1.29, 1.82) is 0 Å². The molecule has 108 valence electrons. The largest absolute Gasteiger partial charge is 0.507 e. The molecule has 0 saturated heterocycles. The molecule has 0 atom stereocenters. The second kappa shape index (κ2) is 6.32. The fourth-order valence-electron chi connectivity index (χ4n) is 1.75. The van der Waals surface area contributed by atoms with Crippen LogP contribution in [0.4, 0.5) is 4.39 Å². The van der Waals surface area contributed by atoms with Crippen LogP contribution in [0.1, 0.15) is 21.5 Å². The van der Waals surface area contributed by atoms with Crippen LogP contribution in [-0.2, 0) is 6.54 Å². The summed E-state index contributed by atoms with van der Waals surface area (Å²) in [6.45, 7) is 0.242. The molecule has 0 bridgehead atoms. The Kier molecular flexibility index (Phi) is 4.49. The summed E-state index contributed by atoms with van der Waals surface area (Å²) in [6.07, 6.45) is 0. The normalized spacial score (nSPS) is 10.1. The van der Waals surface area contributed by atoms with Crippen LogP contribution >= 0.6 is 12.2 Å². The van der Waals surface area contributed by atoms with Gasteiger partial charge in [0.05, 0.1) is 5.56 Å². The minimum Gasteiger partial charge on any atom is -0.507 e. The minimum absolute atomic E-state index is 0.102. The topological polar surface area (TPSA) is 75.3 Å². The van der Waals surface area contributed by atoms with Crippen LogP contribution in [0.2, 0.25) is 0 Å². The Bertz CT molecular complexity index is 687. The summed E-state index contributed by atoms with van der Waals surface area (Å²) < 4.78 is 13.1. The molecule has 0 unspecified atom stereocenters. The lowest BCUT2D eigenvalue weighted by atomic mass is 10.1. The van der Waals surface area contributed by atoms with Gasteiger partial charge in [0.2, 0.25) is 0 Å². The maximum absolute atomic E-state index is 13.1. The lowest BCUT2D eigenvalue weighted by molar-refractivity contribution is 0.0947. The third-order valence-corrected chi connectivity index (χ3v) is 3.13. The van der Waals surface area contributed by atoms with E-state index < -0.39 is 11.7 Å². The van der Waals surface area contributed by atoms with Gasteiger partial charge in [0.25, 0.3) is 5.91 Å². The first-order valence-electron chi connectivity index (χ1n) is 6.13. The van der Waals surface area contributed by atoms with E-state index in [1.165, 1.54) is 0 Å². The minimum atomic E-state index is -0.584. The van der Waals surface area contributed by atoms with Crippen molar-refractivity contribution in [2.75, 3.05) is 0 Å². The Morgan fingerprint density at radius 1 is 1.24 bits per heavy atom. The SMILES string of the molecule is NC(=S)c1ccc(CNC(=O)c2cc(F)ccc2O)cc1. The van der Waals surface area contributed by atoms with Crippen molar-refractivity contribution in [2.45, 2.75) is 6.54 Å². The molecule has 0 aromatic heterocycles. The highest BCUT2D eigenvalue weighted by atomic mass is 32.1. The number of halogens is 1.